The van der Waals surface area contributed by atoms with Crippen molar-refractivity contribution in [3.05, 3.63) is 12.4 Å². The Morgan fingerprint density at radius 1 is 1.56 bits per heavy atom. The zero-order valence-electron chi connectivity index (χ0n) is 11.0. The number of nitrogens with zero attached hydrogens (tertiary/aromatic N) is 2. The summed E-state index contributed by atoms with van der Waals surface area (Å²) in [4.78, 5) is 8.16. The van der Waals surface area contributed by atoms with Crippen molar-refractivity contribution in [2.24, 2.45) is 5.92 Å². The third-order valence-electron chi connectivity index (χ3n) is 3.64. The molecule has 0 spiro atoms. The third-order valence-corrected chi connectivity index (χ3v) is 3.64. The van der Waals surface area contributed by atoms with Crippen molar-refractivity contribution in [3.63, 3.8) is 0 Å². The largest absolute Gasteiger partial charge is 0.481 e. The lowest BCUT2D eigenvalue weighted by molar-refractivity contribution is 0.149. The zero-order chi connectivity index (χ0) is 13.0. The van der Waals surface area contributed by atoms with Gasteiger partial charge in [-0.05, 0) is 18.8 Å². The number of aliphatic hydroxyl groups excluding tert-OH is 1. The number of ether oxygens (including phenoxy) is 1. The van der Waals surface area contributed by atoms with E-state index in [4.69, 9.17) is 4.74 Å². The van der Waals surface area contributed by atoms with Crippen molar-refractivity contribution in [2.45, 2.75) is 38.1 Å². The normalized spacial score (nSPS) is 27.8. The van der Waals surface area contributed by atoms with E-state index in [1.807, 2.05) is 0 Å². The van der Waals surface area contributed by atoms with Gasteiger partial charge in [0.05, 0.1) is 19.3 Å². The van der Waals surface area contributed by atoms with E-state index in [0.29, 0.717) is 17.6 Å². The van der Waals surface area contributed by atoms with E-state index in [1.54, 1.807) is 13.2 Å². The van der Waals surface area contributed by atoms with Crippen molar-refractivity contribution in [1.82, 2.24) is 9.97 Å². The fourth-order valence-corrected chi connectivity index (χ4v) is 2.75. The Morgan fingerprint density at radius 3 is 3.06 bits per heavy atom. The van der Waals surface area contributed by atoms with Gasteiger partial charge in [-0.2, -0.15) is 0 Å². The van der Waals surface area contributed by atoms with Gasteiger partial charge in [-0.25, -0.2) is 9.97 Å². The monoisotopic (exact) mass is 251 g/mol. The summed E-state index contributed by atoms with van der Waals surface area (Å²) < 4.78 is 5.08. The van der Waals surface area contributed by atoms with Gasteiger partial charge in [0, 0.05) is 6.07 Å². The minimum atomic E-state index is -0.253. The van der Waals surface area contributed by atoms with Crippen molar-refractivity contribution in [2.75, 3.05) is 19.0 Å². The van der Waals surface area contributed by atoms with Crippen LogP contribution < -0.4 is 10.1 Å². The molecule has 2 unspecified atom stereocenters. The van der Waals surface area contributed by atoms with Crippen LogP contribution in [-0.4, -0.2) is 34.3 Å². The summed E-state index contributed by atoms with van der Waals surface area (Å²) in [6, 6.07) is 1.76. The van der Waals surface area contributed by atoms with Gasteiger partial charge >= 0.3 is 0 Å². The van der Waals surface area contributed by atoms with Crippen molar-refractivity contribution >= 4 is 5.82 Å². The molecule has 1 aliphatic rings. The predicted octanol–water partition coefficient (Wildman–Crippen LogP) is 1.84. The summed E-state index contributed by atoms with van der Waals surface area (Å²) in [6.45, 7) is 2.36. The van der Waals surface area contributed by atoms with Gasteiger partial charge in [-0.15, -0.1) is 0 Å². The Balaban J connectivity index is 2.13. The first kappa shape index (κ1) is 13.1. The smallest absolute Gasteiger partial charge is 0.218 e. The van der Waals surface area contributed by atoms with Crippen LogP contribution >= 0.6 is 0 Å². The topological polar surface area (TPSA) is 67.3 Å². The summed E-state index contributed by atoms with van der Waals surface area (Å²) in [5, 5.41) is 13.1. The molecule has 5 heteroatoms. The van der Waals surface area contributed by atoms with Gasteiger partial charge in [0.15, 0.2) is 0 Å². The molecule has 1 saturated carbocycles. The Labute approximate surface area is 108 Å². The molecule has 0 radical (unpaired) electrons. The molecule has 100 valence electrons. The molecule has 1 aromatic rings. The first-order valence-corrected chi connectivity index (χ1v) is 6.42. The Kier molecular flexibility index (Phi) is 4.01. The van der Waals surface area contributed by atoms with E-state index < -0.39 is 0 Å². The van der Waals surface area contributed by atoms with Crippen LogP contribution in [0.5, 0.6) is 5.88 Å². The maximum Gasteiger partial charge on any atom is 0.218 e. The molecule has 2 rings (SSSR count). The lowest BCUT2D eigenvalue weighted by atomic mass is 9.77. The van der Waals surface area contributed by atoms with E-state index in [9.17, 15) is 5.11 Å². The highest BCUT2D eigenvalue weighted by atomic mass is 16.5. The van der Waals surface area contributed by atoms with Gasteiger partial charge in [-0.3, -0.25) is 0 Å². The average Bonchev–Trinajstić information content (AvgIpc) is 2.39. The van der Waals surface area contributed by atoms with Crippen LogP contribution in [0, 0.1) is 5.92 Å². The highest BCUT2D eigenvalue weighted by molar-refractivity contribution is 5.40. The lowest BCUT2D eigenvalue weighted by Gasteiger charge is -2.39. The number of anilines is 1. The molecular weight excluding hydrogens is 230 g/mol. The minimum absolute atomic E-state index is 0.129. The van der Waals surface area contributed by atoms with Gasteiger partial charge in [-0.1, -0.05) is 19.8 Å². The first-order chi connectivity index (χ1) is 8.67. The Morgan fingerprint density at radius 2 is 2.39 bits per heavy atom. The van der Waals surface area contributed by atoms with Crippen molar-refractivity contribution in [3.8, 4) is 5.88 Å². The summed E-state index contributed by atoms with van der Waals surface area (Å²) in [5.41, 5.74) is -0.253. The van der Waals surface area contributed by atoms with E-state index in [0.717, 1.165) is 19.3 Å². The highest BCUT2D eigenvalue weighted by Gasteiger charge is 2.34. The fourth-order valence-electron chi connectivity index (χ4n) is 2.75. The molecule has 0 aromatic carbocycles. The molecule has 1 aromatic heterocycles. The van der Waals surface area contributed by atoms with Gasteiger partial charge in [0.25, 0.3) is 0 Å². The molecule has 18 heavy (non-hydrogen) atoms. The number of hydrogen-bond acceptors (Lipinski definition) is 5. The number of methoxy groups -OCH3 is 1. The van der Waals surface area contributed by atoms with Crippen LogP contribution in [0.15, 0.2) is 12.4 Å². The summed E-state index contributed by atoms with van der Waals surface area (Å²) in [6.07, 6.45) is 5.78. The van der Waals surface area contributed by atoms with Crippen LogP contribution in [0.4, 0.5) is 5.82 Å². The molecule has 2 atom stereocenters. The average molecular weight is 251 g/mol. The highest BCUT2D eigenvalue weighted by Crippen LogP contribution is 2.34. The van der Waals surface area contributed by atoms with E-state index in [1.165, 1.54) is 12.7 Å². The number of rotatable bonds is 4. The lowest BCUT2D eigenvalue weighted by Crippen LogP contribution is -2.46. The third kappa shape index (κ3) is 2.90. The SMILES string of the molecule is COc1cc(NC2(CO)CCCC(C)C2)ncn1. The standard InChI is InChI=1S/C13H21N3O2/c1-10-4-3-5-13(7-10,8-17)16-11-6-12(18-2)15-9-14-11/h6,9-10,17H,3-5,7-8H2,1-2H3,(H,14,15,16). The molecule has 2 N–H and O–H groups in total. The molecule has 1 heterocycles. The molecule has 0 bridgehead atoms. The summed E-state index contributed by atoms with van der Waals surface area (Å²) >= 11 is 0. The van der Waals surface area contributed by atoms with Crippen LogP contribution in [0.2, 0.25) is 0 Å². The van der Waals surface area contributed by atoms with Crippen LogP contribution in [0.1, 0.15) is 32.6 Å². The molecule has 1 aliphatic carbocycles. The summed E-state index contributed by atoms with van der Waals surface area (Å²) in [7, 11) is 1.58. The van der Waals surface area contributed by atoms with Crippen molar-refractivity contribution < 1.29 is 9.84 Å². The quantitative estimate of drug-likeness (QED) is 0.854. The Hall–Kier alpha value is -1.36. The molecule has 5 nitrogen and oxygen atoms in total. The molecule has 0 amide bonds. The molecule has 1 fully saturated rings. The number of hydrogen-bond donors (Lipinski definition) is 2. The number of nitrogens with one attached hydrogen (secondary N) is 1. The second-order valence-corrected chi connectivity index (χ2v) is 5.21. The second kappa shape index (κ2) is 5.52. The van der Waals surface area contributed by atoms with Crippen LogP contribution in [-0.2, 0) is 0 Å². The molecule has 0 aliphatic heterocycles. The fraction of sp³-hybridized carbons (Fsp3) is 0.692. The van der Waals surface area contributed by atoms with Crippen LogP contribution in [0.3, 0.4) is 0 Å². The van der Waals surface area contributed by atoms with Crippen molar-refractivity contribution in [1.29, 1.82) is 0 Å². The van der Waals surface area contributed by atoms with Gasteiger partial charge in [0.2, 0.25) is 5.88 Å². The predicted molar refractivity (Wildman–Crippen MR) is 69.7 cm³/mol. The van der Waals surface area contributed by atoms with Gasteiger partial charge in [0.1, 0.15) is 12.1 Å². The number of aliphatic hydroxyl groups is 1. The van der Waals surface area contributed by atoms with E-state index in [2.05, 4.69) is 22.2 Å². The van der Waals surface area contributed by atoms with Crippen LogP contribution in [0.25, 0.3) is 0 Å². The first-order valence-electron chi connectivity index (χ1n) is 6.42. The maximum atomic E-state index is 9.71. The zero-order valence-corrected chi connectivity index (χ0v) is 11.0. The van der Waals surface area contributed by atoms with Gasteiger partial charge < -0.3 is 15.2 Å². The molecule has 0 saturated heterocycles. The maximum absolute atomic E-state index is 9.71. The molecular formula is C13H21N3O2. The summed E-state index contributed by atoms with van der Waals surface area (Å²) in [5.74, 6) is 1.87. The van der Waals surface area contributed by atoms with E-state index in [-0.39, 0.29) is 12.1 Å². The minimum Gasteiger partial charge on any atom is -0.481 e. The Bertz CT molecular complexity index is 400. The number of aromatic nitrogens is 2. The van der Waals surface area contributed by atoms with E-state index >= 15 is 0 Å². The second-order valence-electron chi connectivity index (χ2n) is 5.21.